The van der Waals surface area contributed by atoms with Gasteiger partial charge in [-0.15, -0.1) is 0 Å². The van der Waals surface area contributed by atoms with Crippen molar-refractivity contribution in [1.29, 1.82) is 0 Å². The Labute approximate surface area is 205 Å². The van der Waals surface area contributed by atoms with Gasteiger partial charge in [-0.25, -0.2) is 9.37 Å². The highest BCUT2D eigenvalue weighted by Crippen LogP contribution is 2.37. The summed E-state index contributed by atoms with van der Waals surface area (Å²) in [7, 11) is 0. The molecule has 0 spiro atoms. The molecule has 2 N–H and O–H groups in total. The molecular formula is C23H21Cl2FN6O2. The molecule has 1 amide bonds. The summed E-state index contributed by atoms with van der Waals surface area (Å²) < 4.78 is 20.5. The largest absolute Gasteiger partial charge is 0.455 e. The lowest BCUT2D eigenvalue weighted by atomic mass is 10.2. The SMILES string of the molecule is C[C@@H]1CN(c2ccc(Nc3ncc4c(n3)OCN(c3c(Cl)cccc3Cl)C4=O)cc2F)CCN1. The number of nitrogens with one attached hydrogen (secondary N) is 2. The van der Waals surface area contributed by atoms with Crippen LogP contribution in [0.15, 0.2) is 42.6 Å². The third-order valence-corrected chi connectivity index (χ3v) is 6.29. The molecule has 8 nitrogen and oxygen atoms in total. The third kappa shape index (κ3) is 4.34. The van der Waals surface area contributed by atoms with Crippen LogP contribution in [0.5, 0.6) is 5.88 Å². The average molecular weight is 503 g/mol. The Bertz CT molecular complexity index is 1240. The molecule has 0 unspecified atom stereocenters. The lowest BCUT2D eigenvalue weighted by molar-refractivity contribution is 0.0932. The molecule has 3 aromatic rings. The molecule has 0 saturated carbocycles. The van der Waals surface area contributed by atoms with Crippen molar-refractivity contribution >= 4 is 52.1 Å². The van der Waals surface area contributed by atoms with Gasteiger partial charge in [-0.2, -0.15) is 4.98 Å². The fourth-order valence-corrected chi connectivity index (χ4v) is 4.65. The molecule has 0 radical (unpaired) electrons. The minimum absolute atomic E-state index is 0.113. The number of halogens is 3. The zero-order chi connectivity index (χ0) is 23.8. The van der Waals surface area contributed by atoms with E-state index < -0.39 is 0 Å². The first kappa shape index (κ1) is 22.6. The van der Waals surface area contributed by atoms with Gasteiger partial charge in [0.1, 0.15) is 11.4 Å². The highest BCUT2D eigenvalue weighted by atomic mass is 35.5. The molecule has 3 heterocycles. The van der Waals surface area contributed by atoms with E-state index in [0.717, 1.165) is 19.6 Å². The maximum Gasteiger partial charge on any atom is 0.268 e. The van der Waals surface area contributed by atoms with Crippen LogP contribution in [0.3, 0.4) is 0 Å². The second-order valence-corrected chi connectivity index (χ2v) is 8.90. The van der Waals surface area contributed by atoms with Crippen LogP contribution in [0.2, 0.25) is 10.0 Å². The quantitative estimate of drug-likeness (QED) is 0.544. The Morgan fingerprint density at radius 3 is 2.76 bits per heavy atom. The molecule has 1 saturated heterocycles. The zero-order valence-electron chi connectivity index (χ0n) is 18.2. The average Bonchev–Trinajstić information content (AvgIpc) is 2.80. The zero-order valence-corrected chi connectivity index (χ0v) is 19.7. The third-order valence-electron chi connectivity index (χ3n) is 5.68. The van der Waals surface area contributed by atoms with E-state index in [1.54, 1.807) is 30.3 Å². The first-order valence-corrected chi connectivity index (χ1v) is 11.5. The molecule has 2 aromatic carbocycles. The number of aromatic nitrogens is 2. The maximum absolute atomic E-state index is 14.8. The number of hydrogen-bond acceptors (Lipinski definition) is 7. The van der Waals surface area contributed by atoms with Gasteiger partial charge in [0, 0.05) is 37.6 Å². The summed E-state index contributed by atoms with van der Waals surface area (Å²) >= 11 is 12.5. The molecular weight excluding hydrogens is 482 g/mol. The standard InChI is InChI=1S/C23H21Cl2FN6O2/c1-13-11-31(8-7-27-13)19-6-5-14(9-18(19)26)29-23-28-10-15-21(30-23)34-12-32(22(15)33)20-16(24)3-2-4-17(20)25/h2-6,9-10,13,27H,7-8,11-12H2,1H3,(H,28,29,30)/t13-/m1/s1. The minimum Gasteiger partial charge on any atom is -0.455 e. The number of anilines is 4. The first-order valence-electron chi connectivity index (χ1n) is 10.7. The van der Waals surface area contributed by atoms with Gasteiger partial charge in [-0.1, -0.05) is 29.3 Å². The summed E-state index contributed by atoms with van der Waals surface area (Å²) in [6.07, 6.45) is 1.36. The second-order valence-electron chi connectivity index (χ2n) is 8.08. The van der Waals surface area contributed by atoms with E-state index in [1.807, 2.05) is 4.90 Å². The maximum atomic E-state index is 14.8. The van der Waals surface area contributed by atoms with Crippen molar-refractivity contribution in [3.05, 3.63) is 64.0 Å². The number of rotatable bonds is 4. The number of piperazine rings is 1. The van der Waals surface area contributed by atoms with Crippen LogP contribution < -0.4 is 25.2 Å². The van der Waals surface area contributed by atoms with E-state index in [2.05, 4.69) is 27.5 Å². The van der Waals surface area contributed by atoms with Crippen LogP contribution in [-0.2, 0) is 0 Å². The Morgan fingerprint density at radius 1 is 1.24 bits per heavy atom. The lowest BCUT2D eigenvalue weighted by Crippen LogP contribution is -2.49. The molecule has 11 heteroatoms. The van der Waals surface area contributed by atoms with Crippen molar-refractivity contribution in [2.75, 3.05) is 41.5 Å². The number of carbonyl (C=O) groups excluding carboxylic acids is 1. The number of para-hydroxylation sites is 1. The molecule has 176 valence electrons. The summed E-state index contributed by atoms with van der Waals surface area (Å²) in [5, 5.41) is 6.97. The number of hydrogen-bond donors (Lipinski definition) is 2. The number of nitrogens with zero attached hydrogens (tertiary/aromatic N) is 4. The van der Waals surface area contributed by atoms with E-state index >= 15 is 0 Å². The van der Waals surface area contributed by atoms with E-state index in [4.69, 9.17) is 27.9 Å². The van der Waals surface area contributed by atoms with Gasteiger partial charge in [0.15, 0.2) is 6.73 Å². The van der Waals surface area contributed by atoms with Crippen molar-refractivity contribution < 1.29 is 13.9 Å². The van der Waals surface area contributed by atoms with Gasteiger partial charge < -0.3 is 20.3 Å². The summed E-state index contributed by atoms with van der Waals surface area (Å²) in [4.78, 5) is 24.9. The van der Waals surface area contributed by atoms with Crippen molar-refractivity contribution in [1.82, 2.24) is 15.3 Å². The fourth-order valence-electron chi connectivity index (χ4n) is 4.05. The van der Waals surface area contributed by atoms with Crippen molar-refractivity contribution in [3.8, 4) is 5.88 Å². The number of ether oxygens (including phenoxy) is 1. The molecule has 2 aliphatic rings. The predicted octanol–water partition coefficient (Wildman–Crippen LogP) is 4.46. The summed E-state index contributed by atoms with van der Waals surface area (Å²) in [6, 6.07) is 10.2. The fraction of sp³-hybridized carbons (Fsp3) is 0.261. The van der Waals surface area contributed by atoms with Crippen molar-refractivity contribution in [2.45, 2.75) is 13.0 Å². The van der Waals surface area contributed by atoms with E-state index in [1.165, 1.54) is 17.2 Å². The van der Waals surface area contributed by atoms with Crippen LogP contribution in [0.1, 0.15) is 17.3 Å². The van der Waals surface area contributed by atoms with Gasteiger partial charge in [0.25, 0.3) is 5.91 Å². The summed E-state index contributed by atoms with van der Waals surface area (Å²) in [5.74, 6) is -0.424. The topological polar surface area (TPSA) is 82.6 Å². The van der Waals surface area contributed by atoms with Crippen molar-refractivity contribution in [3.63, 3.8) is 0 Å². The number of benzene rings is 2. The molecule has 34 heavy (non-hydrogen) atoms. The first-order chi connectivity index (χ1) is 16.4. The summed E-state index contributed by atoms with van der Waals surface area (Å²) in [5.41, 5.74) is 1.56. The molecule has 1 atom stereocenters. The highest BCUT2D eigenvalue weighted by molar-refractivity contribution is 6.40. The molecule has 1 aromatic heterocycles. The normalized spacial score (nSPS) is 17.9. The Kier molecular flexibility index (Phi) is 6.16. The van der Waals surface area contributed by atoms with Crippen LogP contribution in [-0.4, -0.2) is 48.3 Å². The van der Waals surface area contributed by atoms with Crippen LogP contribution >= 0.6 is 23.2 Å². The predicted molar refractivity (Wildman–Crippen MR) is 130 cm³/mol. The highest BCUT2D eigenvalue weighted by Gasteiger charge is 2.31. The van der Waals surface area contributed by atoms with Gasteiger partial charge in [0.05, 0.1) is 21.4 Å². The van der Waals surface area contributed by atoms with Crippen molar-refractivity contribution in [2.24, 2.45) is 0 Å². The van der Waals surface area contributed by atoms with Crippen LogP contribution in [0.25, 0.3) is 0 Å². The monoisotopic (exact) mass is 502 g/mol. The van der Waals surface area contributed by atoms with Gasteiger partial charge in [-0.3, -0.25) is 9.69 Å². The second kappa shape index (κ2) is 9.25. The van der Waals surface area contributed by atoms with Gasteiger partial charge >= 0.3 is 0 Å². The lowest BCUT2D eigenvalue weighted by Gasteiger charge is -2.33. The van der Waals surface area contributed by atoms with Gasteiger partial charge in [-0.05, 0) is 37.3 Å². The Morgan fingerprint density at radius 2 is 2.03 bits per heavy atom. The molecule has 5 rings (SSSR count). The number of amides is 1. The summed E-state index contributed by atoms with van der Waals surface area (Å²) in [6.45, 7) is 4.24. The van der Waals surface area contributed by atoms with Crippen LogP contribution in [0, 0.1) is 5.82 Å². The number of carbonyl (C=O) groups is 1. The van der Waals surface area contributed by atoms with Crippen LogP contribution in [0.4, 0.5) is 27.4 Å². The van der Waals surface area contributed by atoms with E-state index in [-0.39, 0.29) is 35.8 Å². The smallest absolute Gasteiger partial charge is 0.268 e. The Hall–Kier alpha value is -3.14. The Balaban J connectivity index is 1.34. The molecule has 0 bridgehead atoms. The molecule has 2 aliphatic heterocycles. The molecule has 1 fully saturated rings. The van der Waals surface area contributed by atoms with E-state index in [9.17, 15) is 9.18 Å². The van der Waals surface area contributed by atoms with E-state index in [0.29, 0.717) is 33.1 Å². The minimum atomic E-state index is -0.386. The van der Waals surface area contributed by atoms with Gasteiger partial charge in [0.2, 0.25) is 11.8 Å². The molecule has 0 aliphatic carbocycles. The number of fused-ring (bicyclic) bond motifs is 1.